The molecule has 1 aliphatic heterocycles. The van der Waals surface area contributed by atoms with Crippen LogP contribution in [-0.2, 0) is 9.30 Å². The SMILES string of the molecule is Nc1ncnc2c1ncn2C1OC(CSCCC(N)[P+](=O)O)C(O)C1O. The number of nitrogens with zero attached hydrogens (tertiary/aromatic N) is 4. The zero-order chi connectivity index (χ0) is 18.8. The largest absolute Gasteiger partial charge is 0.524 e. The molecule has 0 aromatic carbocycles. The van der Waals surface area contributed by atoms with Crippen molar-refractivity contribution in [2.75, 3.05) is 17.2 Å². The second-order valence-corrected chi connectivity index (χ2v) is 8.28. The maximum atomic E-state index is 10.8. The number of aromatic nitrogens is 4. The summed E-state index contributed by atoms with van der Waals surface area (Å²) in [6, 6.07) is 0. The number of thioether (sulfide) groups is 1. The van der Waals surface area contributed by atoms with Gasteiger partial charge in [0.05, 0.1) is 12.4 Å². The topological polar surface area (TPSA) is 183 Å². The van der Waals surface area contributed by atoms with E-state index < -0.39 is 38.4 Å². The molecule has 1 saturated heterocycles. The highest BCUT2D eigenvalue weighted by atomic mass is 32.2. The number of rotatable bonds is 7. The molecule has 6 atom stereocenters. The van der Waals surface area contributed by atoms with Gasteiger partial charge in [0, 0.05) is 12.2 Å². The first kappa shape index (κ1) is 19.4. The summed E-state index contributed by atoms with van der Waals surface area (Å²) in [5.41, 5.74) is 12.1. The highest BCUT2D eigenvalue weighted by molar-refractivity contribution is 7.99. The van der Waals surface area contributed by atoms with E-state index in [-0.39, 0.29) is 5.82 Å². The van der Waals surface area contributed by atoms with E-state index in [9.17, 15) is 14.8 Å². The van der Waals surface area contributed by atoms with Crippen LogP contribution in [0.2, 0.25) is 0 Å². The average Bonchev–Trinajstić information content (AvgIpc) is 3.15. The molecule has 1 aliphatic rings. The van der Waals surface area contributed by atoms with E-state index in [0.717, 1.165) is 0 Å². The Morgan fingerprint density at radius 1 is 1.35 bits per heavy atom. The Morgan fingerprint density at radius 3 is 2.85 bits per heavy atom. The summed E-state index contributed by atoms with van der Waals surface area (Å²) in [7, 11) is -2.40. The number of nitrogen functional groups attached to an aromatic ring is 1. The predicted molar refractivity (Wildman–Crippen MR) is 95.4 cm³/mol. The van der Waals surface area contributed by atoms with Gasteiger partial charge in [-0.2, -0.15) is 16.7 Å². The summed E-state index contributed by atoms with van der Waals surface area (Å²) in [5.74, 6) is 0.376. The highest BCUT2D eigenvalue weighted by Crippen LogP contribution is 2.33. The lowest BCUT2D eigenvalue weighted by Crippen LogP contribution is -2.32. The van der Waals surface area contributed by atoms with E-state index in [2.05, 4.69) is 15.0 Å². The standard InChI is InChI=1S/C13H19N6O5PS/c14-7(25(22)23)1-2-26-3-6-9(20)10(21)13(24-6)19-5-18-8-11(15)16-4-17-12(8)19/h4-7,9-10,13,20-21H,1-3,14H2,(H2-,15,16,17,22,23)/p+1. The Morgan fingerprint density at radius 2 is 2.12 bits per heavy atom. The summed E-state index contributed by atoms with van der Waals surface area (Å²) in [4.78, 5) is 21.0. The minimum Gasteiger partial charge on any atom is -0.387 e. The molecule has 13 heteroatoms. The van der Waals surface area contributed by atoms with Gasteiger partial charge in [-0.05, 0) is 10.3 Å². The molecule has 11 nitrogen and oxygen atoms in total. The van der Waals surface area contributed by atoms with Gasteiger partial charge in [0.15, 0.2) is 17.7 Å². The van der Waals surface area contributed by atoms with Crippen molar-refractivity contribution < 1.29 is 24.4 Å². The van der Waals surface area contributed by atoms with Crippen molar-refractivity contribution in [2.24, 2.45) is 5.73 Å². The van der Waals surface area contributed by atoms with Crippen molar-refractivity contribution in [1.82, 2.24) is 19.5 Å². The van der Waals surface area contributed by atoms with Crippen molar-refractivity contribution in [3.8, 4) is 0 Å². The molecule has 0 aliphatic carbocycles. The minimum absolute atomic E-state index is 0.215. The summed E-state index contributed by atoms with van der Waals surface area (Å²) in [6.07, 6.45) is -0.637. The van der Waals surface area contributed by atoms with E-state index in [1.54, 1.807) is 0 Å². The van der Waals surface area contributed by atoms with Crippen molar-refractivity contribution in [1.29, 1.82) is 0 Å². The molecular weight excluding hydrogens is 383 g/mol. The zero-order valence-electron chi connectivity index (χ0n) is 13.6. The third-order valence-corrected chi connectivity index (χ3v) is 6.04. The van der Waals surface area contributed by atoms with Crippen LogP contribution >= 0.6 is 19.8 Å². The van der Waals surface area contributed by atoms with Gasteiger partial charge in [-0.3, -0.25) is 10.3 Å². The number of fused-ring (bicyclic) bond motifs is 1. The second-order valence-electron chi connectivity index (χ2n) is 5.86. The van der Waals surface area contributed by atoms with E-state index in [1.165, 1.54) is 29.0 Å². The Balaban J connectivity index is 1.64. The lowest BCUT2D eigenvalue weighted by Gasteiger charge is -2.16. The molecule has 0 amide bonds. The van der Waals surface area contributed by atoms with Crippen LogP contribution < -0.4 is 11.5 Å². The lowest BCUT2D eigenvalue weighted by atomic mass is 10.1. The van der Waals surface area contributed by atoms with Crippen LogP contribution in [0.25, 0.3) is 11.2 Å². The number of imidazole rings is 1. The van der Waals surface area contributed by atoms with Crippen molar-refractivity contribution in [3.05, 3.63) is 12.7 Å². The van der Waals surface area contributed by atoms with Gasteiger partial charge >= 0.3 is 8.03 Å². The molecule has 7 N–H and O–H groups in total. The Kier molecular flexibility index (Phi) is 6.03. The molecule has 0 radical (unpaired) electrons. The molecule has 0 saturated carbocycles. The fraction of sp³-hybridized carbons (Fsp3) is 0.615. The fourth-order valence-electron chi connectivity index (χ4n) is 2.67. The number of aliphatic hydroxyl groups is 2. The Bertz CT molecular complexity index is 793. The summed E-state index contributed by atoms with van der Waals surface area (Å²) >= 11 is 1.42. The monoisotopic (exact) mass is 403 g/mol. The second kappa shape index (κ2) is 8.09. The first-order valence-corrected chi connectivity index (χ1v) is 10.3. The van der Waals surface area contributed by atoms with Crippen LogP contribution in [0, 0.1) is 0 Å². The summed E-state index contributed by atoms with van der Waals surface area (Å²) in [5, 5.41) is 20.6. The predicted octanol–water partition coefficient (Wildman–Crippen LogP) is -0.830. The third kappa shape index (κ3) is 3.81. The van der Waals surface area contributed by atoms with E-state index in [1.807, 2.05) is 0 Å². The van der Waals surface area contributed by atoms with Gasteiger partial charge in [-0.15, -0.1) is 0 Å². The van der Waals surface area contributed by atoms with Crippen LogP contribution in [0.3, 0.4) is 0 Å². The van der Waals surface area contributed by atoms with Gasteiger partial charge in [0.2, 0.25) is 5.78 Å². The Hall–Kier alpha value is -1.40. The molecule has 26 heavy (non-hydrogen) atoms. The molecule has 2 aromatic rings. The molecule has 2 aromatic heterocycles. The van der Waals surface area contributed by atoms with Gasteiger partial charge in [0.1, 0.15) is 24.1 Å². The normalized spacial score (nSPS) is 27.8. The van der Waals surface area contributed by atoms with E-state index in [4.69, 9.17) is 21.1 Å². The molecule has 0 bridgehead atoms. The van der Waals surface area contributed by atoms with Crippen LogP contribution in [-0.4, -0.2) is 70.2 Å². The van der Waals surface area contributed by atoms with E-state index >= 15 is 0 Å². The van der Waals surface area contributed by atoms with Gasteiger partial charge in [0.25, 0.3) is 0 Å². The number of aliphatic hydroxyl groups excluding tert-OH is 2. The first-order valence-electron chi connectivity index (χ1n) is 7.83. The number of anilines is 1. The zero-order valence-corrected chi connectivity index (χ0v) is 15.3. The Labute approximate surface area is 153 Å². The van der Waals surface area contributed by atoms with Crippen molar-refractivity contribution in [3.63, 3.8) is 0 Å². The molecule has 3 heterocycles. The van der Waals surface area contributed by atoms with Gasteiger partial charge in [-0.25, -0.2) is 15.0 Å². The number of hydrogen-bond donors (Lipinski definition) is 5. The highest BCUT2D eigenvalue weighted by Gasteiger charge is 2.44. The quantitative estimate of drug-likeness (QED) is 0.287. The smallest absolute Gasteiger partial charge is 0.387 e. The molecular formula is C13H20N6O5PS+. The summed E-state index contributed by atoms with van der Waals surface area (Å²) < 4.78 is 18.1. The average molecular weight is 403 g/mol. The summed E-state index contributed by atoms with van der Waals surface area (Å²) in [6.45, 7) is 0. The lowest BCUT2D eigenvalue weighted by molar-refractivity contribution is -0.0289. The number of ether oxygens (including phenoxy) is 1. The first-order chi connectivity index (χ1) is 12.4. The number of hydrogen-bond acceptors (Lipinski definition) is 10. The number of nitrogens with two attached hydrogens (primary N) is 2. The molecule has 142 valence electrons. The van der Waals surface area contributed by atoms with Crippen molar-refractivity contribution >= 4 is 36.8 Å². The van der Waals surface area contributed by atoms with Gasteiger partial charge < -0.3 is 20.7 Å². The minimum atomic E-state index is -2.40. The van der Waals surface area contributed by atoms with Crippen LogP contribution in [0.5, 0.6) is 0 Å². The fourth-order valence-corrected chi connectivity index (χ4v) is 4.29. The molecule has 6 unspecified atom stereocenters. The molecule has 0 spiro atoms. The van der Waals surface area contributed by atoms with Crippen molar-refractivity contribution in [2.45, 2.75) is 36.7 Å². The van der Waals surface area contributed by atoms with Crippen LogP contribution in [0.1, 0.15) is 12.6 Å². The van der Waals surface area contributed by atoms with E-state index in [0.29, 0.717) is 29.1 Å². The maximum absolute atomic E-state index is 10.8. The van der Waals surface area contributed by atoms with Crippen LogP contribution in [0.15, 0.2) is 12.7 Å². The third-order valence-electron chi connectivity index (χ3n) is 4.12. The van der Waals surface area contributed by atoms with Gasteiger partial charge in [-0.1, -0.05) is 0 Å². The molecule has 3 rings (SSSR count). The maximum Gasteiger partial charge on any atom is 0.524 e. The molecule has 1 fully saturated rings. The van der Waals surface area contributed by atoms with Crippen LogP contribution in [0.4, 0.5) is 5.82 Å².